The van der Waals surface area contributed by atoms with Crippen LogP contribution in [0.1, 0.15) is 76.5 Å². The molecule has 2 nitrogen and oxygen atoms in total. The average molecular weight is 384 g/mol. The van der Waals surface area contributed by atoms with Crippen LogP contribution in [-0.4, -0.2) is 4.98 Å². The first-order chi connectivity index (χ1) is 17.1. The summed E-state index contributed by atoms with van der Waals surface area (Å²) in [6.45, 7) is -1.69. The van der Waals surface area contributed by atoms with Gasteiger partial charge in [0.05, 0.1) is 18.8 Å². The van der Waals surface area contributed by atoms with Gasteiger partial charge in [-0.2, -0.15) is 0 Å². The van der Waals surface area contributed by atoms with E-state index in [4.69, 9.17) is 13.7 Å². The molecule has 0 aliphatic rings. The number of nitrogens with zero attached hydrogens (tertiary/aromatic N) is 2. The molecule has 0 radical (unpaired) electrons. The number of hydrogen-bond donors (Lipinski definition) is 0. The minimum absolute atomic E-state index is 0.152. The largest absolute Gasteiger partial charge is 0.330 e. The Labute approximate surface area is 184 Å². The Kier molecular flexibility index (Phi) is 2.92. The Bertz CT molecular complexity index is 1320. The van der Waals surface area contributed by atoms with E-state index >= 15 is 0 Å². The summed E-state index contributed by atoms with van der Waals surface area (Å²) in [5, 5.41) is 0. The second-order valence-electron chi connectivity index (χ2n) is 8.14. The molecule has 0 aliphatic carbocycles. The predicted octanol–water partition coefficient (Wildman–Crippen LogP) is 6.28. The maximum atomic E-state index is 8.89. The highest BCUT2D eigenvalue weighted by Gasteiger charge is 2.29. The lowest BCUT2D eigenvalue weighted by atomic mass is 9.84. The van der Waals surface area contributed by atoms with Crippen LogP contribution in [0.25, 0.3) is 22.5 Å². The monoisotopic (exact) mass is 383 g/mol. The van der Waals surface area contributed by atoms with Crippen LogP contribution in [0.2, 0.25) is 0 Å². The molecule has 0 saturated carbocycles. The van der Waals surface area contributed by atoms with E-state index in [0.29, 0.717) is 27.8 Å². The van der Waals surface area contributed by atoms with Crippen molar-refractivity contribution in [2.24, 2.45) is 7.05 Å². The molecule has 3 rings (SSSR count). The summed E-state index contributed by atoms with van der Waals surface area (Å²) in [7, 11) is 1.71. The molecule has 0 bridgehead atoms. The fourth-order valence-electron chi connectivity index (χ4n) is 3.36. The van der Waals surface area contributed by atoms with Gasteiger partial charge >= 0.3 is 5.82 Å². The zero-order valence-corrected chi connectivity index (χ0v) is 17.0. The van der Waals surface area contributed by atoms with Crippen molar-refractivity contribution >= 4 is 0 Å². The van der Waals surface area contributed by atoms with E-state index in [1.807, 2.05) is 6.07 Å². The predicted molar refractivity (Wildman–Crippen MR) is 119 cm³/mol. The molecule has 0 atom stereocenters. The summed E-state index contributed by atoms with van der Waals surface area (Å²) in [6.07, 6.45) is 1.62. The summed E-state index contributed by atoms with van der Waals surface area (Å²) < 4.78 is 83.2. The molecular formula is C26H33N2+. The van der Waals surface area contributed by atoms with E-state index in [1.165, 1.54) is 0 Å². The zero-order chi connectivity index (χ0) is 29.1. The van der Waals surface area contributed by atoms with Crippen molar-refractivity contribution in [3.05, 3.63) is 71.0 Å². The van der Waals surface area contributed by atoms with Gasteiger partial charge < -0.3 is 0 Å². The normalized spacial score (nSPS) is 18.9. The van der Waals surface area contributed by atoms with Gasteiger partial charge in [0.25, 0.3) is 0 Å². The molecule has 0 aliphatic heterocycles. The van der Waals surface area contributed by atoms with Crippen LogP contribution in [0.4, 0.5) is 0 Å². The van der Waals surface area contributed by atoms with Gasteiger partial charge in [0.15, 0.2) is 5.69 Å². The van der Waals surface area contributed by atoms with Crippen LogP contribution in [0.5, 0.6) is 0 Å². The van der Waals surface area contributed by atoms with Gasteiger partial charge in [0.2, 0.25) is 0 Å². The Hall–Kier alpha value is -2.48. The highest BCUT2D eigenvalue weighted by atomic mass is 15.0. The SMILES string of the molecule is [2H]C([2H])([2H])c1cc(C)c(-c2nc(C([2H])(C([2H])([2H])[2H])C([2H])([2H])[2H])c(C(C)(C)C)c[n+]2C)cc1-c1ccccc1. The number of hydrogen-bond acceptors (Lipinski definition) is 1. The van der Waals surface area contributed by atoms with Crippen molar-refractivity contribution in [3.63, 3.8) is 0 Å². The summed E-state index contributed by atoms with van der Waals surface area (Å²) >= 11 is 0. The van der Waals surface area contributed by atoms with Crippen molar-refractivity contribution < 1.29 is 18.3 Å². The molecule has 28 heavy (non-hydrogen) atoms. The molecule has 0 spiro atoms. The smallest absolute Gasteiger partial charge is 0.233 e. The van der Waals surface area contributed by atoms with Crippen molar-refractivity contribution in [3.8, 4) is 22.5 Å². The first-order valence-electron chi connectivity index (χ1n) is 14.2. The number of aromatic nitrogens is 2. The van der Waals surface area contributed by atoms with E-state index in [-0.39, 0.29) is 17.1 Å². The van der Waals surface area contributed by atoms with Gasteiger partial charge in [0, 0.05) is 25.2 Å². The van der Waals surface area contributed by atoms with Gasteiger partial charge in [0.1, 0.15) is 0 Å². The van der Waals surface area contributed by atoms with Crippen molar-refractivity contribution in [1.82, 2.24) is 4.98 Å². The van der Waals surface area contributed by atoms with Gasteiger partial charge in [-0.1, -0.05) is 70.9 Å². The van der Waals surface area contributed by atoms with Crippen LogP contribution >= 0.6 is 0 Å². The van der Waals surface area contributed by atoms with E-state index in [9.17, 15) is 0 Å². The molecule has 1 heterocycles. The quantitative estimate of drug-likeness (QED) is 0.486. The molecular weight excluding hydrogens is 340 g/mol. The number of rotatable bonds is 3. The molecule has 0 saturated heterocycles. The third-order valence-corrected chi connectivity index (χ3v) is 4.86. The summed E-state index contributed by atoms with van der Waals surface area (Å²) in [4.78, 5) is 4.62. The molecule has 1 aromatic heterocycles. The second-order valence-corrected chi connectivity index (χ2v) is 8.14. The minimum Gasteiger partial charge on any atom is -0.233 e. The van der Waals surface area contributed by atoms with Gasteiger partial charge in [-0.25, -0.2) is 4.57 Å². The first kappa shape index (κ1) is 10.9. The Morgan fingerprint density at radius 3 is 2.36 bits per heavy atom. The fraction of sp³-hybridized carbons (Fsp3) is 0.385. The summed E-state index contributed by atoms with van der Waals surface area (Å²) in [6, 6.07) is 12.3. The maximum absolute atomic E-state index is 8.89. The van der Waals surface area contributed by atoms with E-state index in [0.717, 1.165) is 0 Å². The number of aryl methyl sites for hydroxylation is 3. The summed E-state index contributed by atoms with van der Waals surface area (Å²) in [5.74, 6) is -2.77. The second kappa shape index (κ2) is 7.50. The lowest BCUT2D eigenvalue weighted by Gasteiger charge is -2.21. The third-order valence-electron chi connectivity index (χ3n) is 4.86. The van der Waals surface area contributed by atoms with Crippen LogP contribution in [0, 0.1) is 13.8 Å². The third kappa shape index (κ3) is 3.87. The van der Waals surface area contributed by atoms with Gasteiger partial charge in [-0.05, 0) is 52.5 Å². The van der Waals surface area contributed by atoms with E-state index in [1.54, 1.807) is 81.9 Å². The molecule has 0 unspecified atom stereocenters. The molecule has 2 heteroatoms. The standard InChI is InChI=1S/C26H33N2/c1-17(2)24-23(26(5,6)7)16-28(8)25(27-24)22-15-21(18(3)14-19(22)4)20-12-10-9-11-13-20/h9-17H,1-8H3/q+1/i1D3,2D3,3D3,17D. The van der Waals surface area contributed by atoms with Gasteiger partial charge in [-0.3, -0.25) is 0 Å². The van der Waals surface area contributed by atoms with Crippen molar-refractivity contribution in [2.75, 3.05) is 0 Å². The Morgan fingerprint density at radius 2 is 1.75 bits per heavy atom. The molecule has 146 valence electrons. The lowest BCUT2D eigenvalue weighted by Crippen LogP contribution is -2.36. The van der Waals surface area contributed by atoms with Crippen LogP contribution < -0.4 is 4.57 Å². The van der Waals surface area contributed by atoms with Crippen molar-refractivity contribution in [2.45, 2.75) is 59.6 Å². The van der Waals surface area contributed by atoms with Crippen LogP contribution in [-0.2, 0) is 12.5 Å². The lowest BCUT2D eigenvalue weighted by molar-refractivity contribution is -0.663. The highest BCUT2D eigenvalue weighted by molar-refractivity contribution is 5.74. The van der Waals surface area contributed by atoms with Crippen LogP contribution in [0.15, 0.2) is 48.7 Å². The number of benzene rings is 2. The maximum Gasteiger partial charge on any atom is 0.330 e. The Balaban J connectivity index is 2.48. The molecule has 0 fully saturated rings. The molecule has 0 amide bonds. The van der Waals surface area contributed by atoms with Crippen molar-refractivity contribution in [1.29, 1.82) is 0 Å². The molecule has 3 aromatic rings. The zero-order valence-electron chi connectivity index (χ0n) is 27.0. The fourth-order valence-corrected chi connectivity index (χ4v) is 3.36. The topological polar surface area (TPSA) is 16.8 Å². The van der Waals surface area contributed by atoms with E-state index < -0.39 is 31.9 Å². The molecule has 2 aromatic carbocycles. The average Bonchev–Trinajstić information content (AvgIpc) is 2.76. The summed E-state index contributed by atoms with van der Waals surface area (Å²) in [5.41, 5.74) is 1.60. The Morgan fingerprint density at radius 1 is 1.04 bits per heavy atom. The minimum atomic E-state index is -3.21. The van der Waals surface area contributed by atoms with E-state index in [2.05, 4.69) is 4.98 Å². The molecule has 0 N–H and O–H groups in total. The van der Waals surface area contributed by atoms with Crippen LogP contribution in [0.3, 0.4) is 0 Å². The highest BCUT2D eigenvalue weighted by Crippen LogP contribution is 2.33. The van der Waals surface area contributed by atoms with Gasteiger partial charge in [-0.15, -0.1) is 0 Å². The first-order valence-corrected chi connectivity index (χ1v) is 9.23.